The first-order valence-corrected chi connectivity index (χ1v) is 10.7. The molecule has 1 atom stereocenters. The second-order valence-corrected chi connectivity index (χ2v) is 8.74. The van der Waals surface area contributed by atoms with Gasteiger partial charge in [0.2, 0.25) is 0 Å². The van der Waals surface area contributed by atoms with Gasteiger partial charge in [-0.15, -0.1) is 0 Å². The quantitative estimate of drug-likeness (QED) is 0.499. The summed E-state index contributed by atoms with van der Waals surface area (Å²) in [5.41, 5.74) is 1.05. The number of guanidine groups is 1. The molecule has 1 aromatic carbocycles. The lowest BCUT2D eigenvalue weighted by Crippen LogP contribution is -2.42. The van der Waals surface area contributed by atoms with Crippen LogP contribution in [0.5, 0.6) is 5.75 Å². The molecule has 1 unspecified atom stereocenters. The van der Waals surface area contributed by atoms with Gasteiger partial charge in [0, 0.05) is 18.8 Å². The van der Waals surface area contributed by atoms with Crippen LogP contribution in [-0.4, -0.2) is 46.1 Å². The molecule has 0 aromatic heterocycles. The van der Waals surface area contributed by atoms with Crippen LogP contribution in [0.4, 0.5) is 0 Å². The number of aliphatic imine (C=N–C) groups is 1. The number of nitrogens with zero attached hydrogens (tertiary/aromatic N) is 1. The van der Waals surface area contributed by atoms with Gasteiger partial charge in [0.15, 0.2) is 5.96 Å². The lowest BCUT2D eigenvalue weighted by molar-refractivity contribution is 0.412. The standard InChI is InChI=1S/C16H26BrN3O3S/c1-5-18-16(20-12(2)8-9-24(4,21)22)19-11-13-6-7-15(23-3)14(17)10-13/h6-7,10,12H,5,8-9,11H2,1-4H3,(H2,18,19,20). The minimum Gasteiger partial charge on any atom is -0.496 e. The van der Waals surface area contributed by atoms with Crippen molar-refractivity contribution in [3.63, 3.8) is 0 Å². The van der Waals surface area contributed by atoms with Gasteiger partial charge in [0.05, 0.1) is 23.9 Å². The van der Waals surface area contributed by atoms with Gasteiger partial charge in [-0.1, -0.05) is 6.07 Å². The Morgan fingerprint density at radius 3 is 2.67 bits per heavy atom. The van der Waals surface area contributed by atoms with Gasteiger partial charge in [-0.2, -0.15) is 0 Å². The van der Waals surface area contributed by atoms with Gasteiger partial charge in [0.1, 0.15) is 15.6 Å². The van der Waals surface area contributed by atoms with Crippen molar-refractivity contribution in [2.24, 2.45) is 4.99 Å². The molecule has 136 valence electrons. The maximum absolute atomic E-state index is 11.3. The Bertz CT molecular complexity index is 663. The summed E-state index contributed by atoms with van der Waals surface area (Å²) in [6.45, 7) is 5.18. The van der Waals surface area contributed by atoms with Crippen LogP contribution in [0.3, 0.4) is 0 Å². The minimum absolute atomic E-state index is 0.0140. The number of rotatable bonds is 8. The highest BCUT2D eigenvalue weighted by Gasteiger charge is 2.09. The Morgan fingerprint density at radius 1 is 1.42 bits per heavy atom. The molecule has 0 aliphatic heterocycles. The van der Waals surface area contributed by atoms with Crippen LogP contribution >= 0.6 is 15.9 Å². The number of halogens is 1. The monoisotopic (exact) mass is 419 g/mol. The van der Waals surface area contributed by atoms with Crippen molar-refractivity contribution >= 4 is 31.7 Å². The molecule has 0 heterocycles. The van der Waals surface area contributed by atoms with E-state index in [0.29, 0.717) is 18.9 Å². The van der Waals surface area contributed by atoms with E-state index in [-0.39, 0.29) is 11.8 Å². The average molecular weight is 420 g/mol. The van der Waals surface area contributed by atoms with Crippen molar-refractivity contribution in [1.29, 1.82) is 0 Å². The molecule has 0 radical (unpaired) electrons. The van der Waals surface area contributed by atoms with Crippen molar-refractivity contribution < 1.29 is 13.2 Å². The molecule has 8 heteroatoms. The number of hydrogen-bond acceptors (Lipinski definition) is 4. The molecule has 0 aliphatic rings. The molecule has 0 spiro atoms. The topological polar surface area (TPSA) is 79.8 Å². The van der Waals surface area contributed by atoms with Crippen molar-refractivity contribution in [2.75, 3.05) is 25.7 Å². The number of methoxy groups -OCH3 is 1. The van der Waals surface area contributed by atoms with Crippen LogP contribution < -0.4 is 15.4 Å². The fraction of sp³-hybridized carbons (Fsp3) is 0.562. The molecule has 1 rings (SSSR count). The second-order valence-electron chi connectivity index (χ2n) is 5.63. The maximum atomic E-state index is 11.3. The Hall–Kier alpha value is -1.28. The van der Waals surface area contributed by atoms with E-state index in [1.165, 1.54) is 6.26 Å². The molecule has 0 saturated heterocycles. The lowest BCUT2D eigenvalue weighted by atomic mass is 10.2. The molecule has 0 bridgehead atoms. The molecular formula is C16H26BrN3O3S. The maximum Gasteiger partial charge on any atom is 0.191 e. The minimum atomic E-state index is -2.95. The largest absolute Gasteiger partial charge is 0.496 e. The smallest absolute Gasteiger partial charge is 0.191 e. The Kier molecular flexibility index (Phi) is 8.55. The molecule has 2 N–H and O–H groups in total. The zero-order valence-electron chi connectivity index (χ0n) is 14.6. The van der Waals surface area contributed by atoms with Gasteiger partial charge in [-0.3, -0.25) is 0 Å². The van der Waals surface area contributed by atoms with E-state index in [9.17, 15) is 8.42 Å². The van der Waals surface area contributed by atoms with Crippen molar-refractivity contribution in [3.8, 4) is 5.75 Å². The third-order valence-electron chi connectivity index (χ3n) is 3.28. The molecule has 0 fully saturated rings. The lowest BCUT2D eigenvalue weighted by Gasteiger charge is -2.17. The Morgan fingerprint density at radius 2 is 2.12 bits per heavy atom. The summed E-state index contributed by atoms with van der Waals surface area (Å²) in [5.74, 6) is 1.61. The van der Waals surface area contributed by atoms with Crippen LogP contribution in [0, 0.1) is 0 Å². The van der Waals surface area contributed by atoms with Crippen LogP contribution in [0.25, 0.3) is 0 Å². The van der Waals surface area contributed by atoms with E-state index < -0.39 is 9.84 Å². The van der Waals surface area contributed by atoms with Crippen LogP contribution in [0.2, 0.25) is 0 Å². The van der Waals surface area contributed by atoms with Gasteiger partial charge in [-0.25, -0.2) is 13.4 Å². The summed E-state index contributed by atoms with van der Waals surface area (Å²) in [4.78, 5) is 4.55. The predicted molar refractivity (Wildman–Crippen MR) is 102 cm³/mol. The number of nitrogens with one attached hydrogen (secondary N) is 2. The molecule has 0 saturated carbocycles. The summed E-state index contributed by atoms with van der Waals surface area (Å²) in [7, 11) is -1.32. The summed E-state index contributed by atoms with van der Waals surface area (Å²) >= 11 is 3.46. The first kappa shape index (κ1) is 20.8. The van der Waals surface area contributed by atoms with Gasteiger partial charge >= 0.3 is 0 Å². The van der Waals surface area contributed by atoms with Crippen LogP contribution in [0.15, 0.2) is 27.7 Å². The van der Waals surface area contributed by atoms with Crippen LogP contribution in [-0.2, 0) is 16.4 Å². The Labute approximate surface area is 153 Å². The van der Waals surface area contributed by atoms with E-state index in [0.717, 1.165) is 22.3 Å². The second kappa shape index (κ2) is 9.88. The highest BCUT2D eigenvalue weighted by molar-refractivity contribution is 9.10. The fourth-order valence-electron chi connectivity index (χ4n) is 2.00. The molecule has 0 aliphatic carbocycles. The molecule has 1 aromatic rings. The van der Waals surface area contributed by atoms with E-state index >= 15 is 0 Å². The first-order chi connectivity index (χ1) is 11.2. The number of ether oxygens (including phenoxy) is 1. The normalized spacial score (nSPS) is 13.5. The number of sulfone groups is 1. The van der Waals surface area contributed by atoms with E-state index in [2.05, 4.69) is 31.6 Å². The van der Waals surface area contributed by atoms with Crippen molar-refractivity contribution in [3.05, 3.63) is 28.2 Å². The molecule has 0 amide bonds. The van der Waals surface area contributed by atoms with Gasteiger partial charge in [0.25, 0.3) is 0 Å². The van der Waals surface area contributed by atoms with Crippen molar-refractivity contribution in [1.82, 2.24) is 10.6 Å². The van der Waals surface area contributed by atoms with E-state index in [1.807, 2.05) is 32.0 Å². The highest BCUT2D eigenvalue weighted by atomic mass is 79.9. The van der Waals surface area contributed by atoms with Gasteiger partial charge in [-0.05, 0) is 53.9 Å². The summed E-state index contributed by atoms with van der Waals surface area (Å²) < 4.78 is 28.6. The summed E-state index contributed by atoms with van der Waals surface area (Å²) in [6.07, 6.45) is 1.79. The Balaban J connectivity index is 2.69. The number of benzene rings is 1. The third-order valence-corrected chi connectivity index (χ3v) is 4.88. The highest BCUT2D eigenvalue weighted by Crippen LogP contribution is 2.25. The number of hydrogen-bond donors (Lipinski definition) is 2. The SMILES string of the molecule is CCNC(=NCc1ccc(OC)c(Br)c1)NC(C)CCS(C)(=O)=O. The third kappa shape index (κ3) is 8.01. The zero-order chi connectivity index (χ0) is 18.2. The average Bonchev–Trinajstić information content (AvgIpc) is 2.50. The van der Waals surface area contributed by atoms with Gasteiger partial charge < -0.3 is 15.4 Å². The van der Waals surface area contributed by atoms with E-state index in [4.69, 9.17) is 4.74 Å². The van der Waals surface area contributed by atoms with Crippen molar-refractivity contribution in [2.45, 2.75) is 32.9 Å². The molecule has 24 heavy (non-hydrogen) atoms. The fourth-order valence-corrected chi connectivity index (χ4v) is 3.36. The summed E-state index contributed by atoms with van der Waals surface area (Å²) in [6, 6.07) is 5.84. The molecule has 6 nitrogen and oxygen atoms in total. The summed E-state index contributed by atoms with van der Waals surface area (Å²) in [5, 5.41) is 6.41. The first-order valence-electron chi connectivity index (χ1n) is 7.80. The predicted octanol–water partition coefficient (Wildman–Crippen LogP) is 2.34. The zero-order valence-corrected chi connectivity index (χ0v) is 17.0. The van der Waals surface area contributed by atoms with E-state index in [1.54, 1.807) is 7.11 Å². The molecular weight excluding hydrogens is 394 g/mol. The van der Waals surface area contributed by atoms with Crippen LogP contribution in [0.1, 0.15) is 25.8 Å².